The fourth-order valence-corrected chi connectivity index (χ4v) is 3.42. The average Bonchev–Trinajstić information content (AvgIpc) is 2.53. The molecule has 1 heterocycles. The van der Waals surface area contributed by atoms with E-state index in [1.54, 1.807) is 0 Å². The molecule has 1 fully saturated rings. The van der Waals surface area contributed by atoms with Crippen LogP contribution < -0.4 is 5.32 Å². The second-order valence-electron chi connectivity index (χ2n) is 5.91. The van der Waals surface area contributed by atoms with Crippen molar-refractivity contribution in [2.45, 2.75) is 24.3 Å². The second kappa shape index (κ2) is 8.20. The number of rotatable bonds is 6. The Labute approximate surface area is 141 Å². The van der Waals surface area contributed by atoms with Crippen molar-refractivity contribution in [3.8, 4) is 0 Å². The van der Waals surface area contributed by atoms with Gasteiger partial charge in [-0.1, -0.05) is 23.7 Å². The molecule has 0 unspecified atom stereocenters. The fraction of sp³-hybridized carbons (Fsp3) is 0.562. The minimum absolute atomic E-state index is 0.0336. The highest BCUT2D eigenvalue weighted by Gasteiger charge is 2.28. The van der Waals surface area contributed by atoms with Crippen LogP contribution in [0.5, 0.6) is 0 Å². The molecule has 1 N–H and O–H groups in total. The highest BCUT2D eigenvalue weighted by Crippen LogP contribution is 2.26. The highest BCUT2D eigenvalue weighted by atomic mass is 35.5. The molecular weight excluding hydrogens is 320 g/mol. The summed E-state index contributed by atoms with van der Waals surface area (Å²) < 4.78 is 5.37. The summed E-state index contributed by atoms with van der Waals surface area (Å²) in [6, 6.07) is 7.58. The van der Waals surface area contributed by atoms with Crippen molar-refractivity contribution in [1.82, 2.24) is 10.2 Å². The predicted octanol–water partition coefficient (Wildman–Crippen LogP) is 2.66. The van der Waals surface area contributed by atoms with Crippen LogP contribution in [0.3, 0.4) is 0 Å². The number of carbonyl (C=O) groups excluding carboxylic acids is 1. The highest BCUT2D eigenvalue weighted by molar-refractivity contribution is 8.00. The molecule has 6 heteroatoms. The van der Waals surface area contributed by atoms with Crippen molar-refractivity contribution >= 4 is 29.3 Å². The summed E-state index contributed by atoms with van der Waals surface area (Å²) in [5.74, 6) is 0.411. The minimum atomic E-state index is -0.0610. The first kappa shape index (κ1) is 17.6. The van der Waals surface area contributed by atoms with Crippen LogP contribution >= 0.6 is 23.4 Å². The quantitative estimate of drug-likeness (QED) is 0.807. The largest absolute Gasteiger partial charge is 0.379 e. The lowest BCUT2D eigenvalue weighted by Crippen LogP contribution is -2.55. The van der Waals surface area contributed by atoms with Gasteiger partial charge in [0, 0.05) is 30.1 Å². The van der Waals surface area contributed by atoms with E-state index in [2.05, 4.69) is 24.1 Å². The summed E-state index contributed by atoms with van der Waals surface area (Å²) in [5, 5.41) is 3.71. The first-order valence-corrected chi connectivity index (χ1v) is 8.82. The van der Waals surface area contributed by atoms with Gasteiger partial charge >= 0.3 is 0 Å². The van der Waals surface area contributed by atoms with Crippen LogP contribution in [-0.2, 0) is 9.53 Å². The van der Waals surface area contributed by atoms with E-state index in [0.717, 1.165) is 31.2 Å². The monoisotopic (exact) mass is 342 g/mol. The summed E-state index contributed by atoms with van der Waals surface area (Å²) in [5.41, 5.74) is -0.0610. The molecule has 0 aromatic heterocycles. The number of hydrogen-bond acceptors (Lipinski definition) is 4. The third kappa shape index (κ3) is 5.16. The van der Waals surface area contributed by atoms with E-state index >= 15 is 0 Å². The minimum Gasteiger partial charge on any atom is -0.379 e. The van der Waals surface area contributed by atoms with E-state index in [-0.39, 0.29) is 11.4 Å². The number of ether oxygens (including phenoxy) is 1. The molecule has 122 valence electrons. The Morgan fingerprint density at radius 2 is 2.05 bits per heavy atom. The zero-order chi connectivity index (χ0) is 16.0. The number of nitrogens with one attached hydrogen (secondary N) is 1. The van der Waals surface area contributed by atoms with E-state index in [1.165, 1.54) is 11.8 Å². The zero-order valence-electron chi connectivity index (χ0n) is 13.1. The molecule has 1 aromatic rings. The molecular formula is C16H23ClN2O2S. The van der Waals surface area contributed by atoms with Crippen LogP contribution in [0.15, 0.2) is 29.2 Å². The molecule has 1 amide bonds. The van der Waals surface area contributed by atoms with Crippen molar-refractivity contribution in [2.75, 3.05) is 38.6 Å². The van der Waals surface area contributed by atoms with Gasteiger partial charge < -0.3 is 10.1 Å². The SMILES string of the molecule is CC(C)(CNC(=O)CSc1ccccc1Cl)N1CCOCC1. The number of benzene rings is 1. The maximum Gasteiger partial charge on any atom is 0.230 e. The van der Waals surface area contributed by atoms with E-state index in [4.69, 9.17) is 16.3 Å². The lowest BCUT2D eigenvalue weighted by molar-refractivity contribution is -0.119. The van der Waals surface area contributed by atoms with Crippen molar-refractivity contribution < 1.29 is 9.53 Å². The summed E-state index contributed by atoms with van der Waals surface area (Å²) in [6.07, 6.45) is 0. The van der Waals surface area contributed by atoms with Gasteiger partial charge in [-0.05, 0) is 26.0 Å². The van der Waals surface area contributed by atoms with E-state index in [9.17, 15) is 4.79 Å². The molecule has 1 aromatic carbocycles. The molecule has 4 nitrogen and oxygen atoms in total. The lowest BCUT2D eigenvalue weighted by Gasteiger charge is -2.40. The number of halogens is 1. The fourth-order valence-electron chi connectivity index (χ4n) is 2.35. The van der Waals surface area contributed by atoms with Gasteiger partial charge in [0.15, 0.2) is 0 Å². The maximum atomic E-state index is 12.0. The third-order valence-corrected chi connectivity index (χ3v) is 5.30. The molecule has 1 aliphatic heterocycles. The zero-order valence-corrected chi connectivity index (χ0v) is 14.7. The number of hydrogen-bond donors (Lipinski definition) is 1. The second-order valence-corrected chi connectivity index (χ2v) is 7.33. The predicted molar refractivity (Wildman–Crippen MR) is 91.7 cm³/mol. The molecule has 0 radical (unpaired) electrons. The van der Waals surface area contributed by atoms with Gasteiger partial charge in [0.1, 0.15) is 0 Å². The molecule has 0 saturated carbocycles. The molecule has 1 saturated heterocycles. The first-order valence-electron chi connectivity index (χ1n) is 7.46. The average molecular weight is 343 g/mol. The normalized spacial score (nSPS) is 16.5. The van der Waals surface area contributed by atoms with E-state index < -0.39 is 0 Å². The smallest absolute Gasteiger partial charge is 0.230 e. The Morgan fingerprint density at radius 3 is 2.73 bits per heavy atom. The Kier molecular flexibility index (Phi) is 6.56. The van der Waals surface area contributed by atoms with Gasteiger partial charge in [0.25, 0.3) is 0 Å². The van der Waals surface area contributed by atoms with Gasteiger partial charge in [0.2, 0.25) is 5.91 Å². The van der Waals surface area contributed by atoms with E-state index in [0.29, 0.717) is 17.3 Å². The lowest BCUT2D eigenvalue weighted by atomic mass is 10.0. The molecule has 2 rings (SSSR count). The van der Waals surface area contributed by atoms with E-state index in [1.807, 2.05) is 24.3 Å². The number of carbonyl (C=O) groups is 1. The number of morpholine rings is 1. The van der Waals surface area contributed by atoms with Gasteiger partial charge in [-0.15, -0.1) is 11.8 Å². The van der Waals surface area contributed by atoms with Crippen molar-refractivity contribution in [1.29, 1.82) is 0 Å². The van der Waals surface area contributed by atoms with Crippen molar-refractivity contribution in [3.63, 3.8) is 0 Å². The number of nitrogens with zero attached hydrogens (tertiary/aromatic N) is 1. The van der Waals surface area contributed by atoms with Crippen LogP contribution in [-0.4, -0.2) is 54.9 Å². The first-order chi connectivity index (χ1) is 10.5. The van der Waals surface area contributed by atoms with Gasteiger partial charge in [-0.25, -0.2) is 0 Å². The molecule has 22 heavy (non-hydrogen) atoms. The Morgan fingerprint density at radius 1 is 1.36 bits per heavy atom. The van der Waals surface area contributed by atoms with Gasteiger partial charge in [0.05, 0.1) is 24.0 Å². The molecule has 0 atom stereocenters. The van der Waals surface area contributed by atoms with Crippen molar-refractivity contribution in [3.05, 3.63) is 29.3 Å². The summed E-state index contributed by atoms with van der Waals surface area (Å²) in [7, 11) is 0. The Balaban J connectivity index is 1.76. The number of thioether (sulfide) groups is 1. The van der Waals surface area contributed by atoms with Crippen LogP contribution in [0.25, 0.3) is 0 Å². The summed E-state index contributed by atoms with van der Waals surface area (Å²) in [6.45, 7) is 8.29. The molecule has 0 spiro atoms. The third-order valence-electron chi connectivity index (χ3n) is 3.78. The molecule has 0 bridgehead atoms. The molecule has 0 aliphatic carbocycles. The topological polar surface area (TPSA) is 41.6 Å². The van der Waals surface area contributed by atoms with Crippen LogP contribution in [0, 0.1) is 0 Å². The standard InChI is InChI=1S/C16H23ClN2O2S/c1-16(2,19-7-9-21-10-8-19)12-18-15(20)11-22-14-6-4-3-5-13(14)17/h3-6H,7-12H2,1-2H3,(H,18,20). The van der Waals surface area contributed by atoms with Gasteiger partial charge in [-0.2, -0.15) is 0 Å². The Bertz CT molecular complexity index is 505. The maximum absolute atomic E-state index is 12.0. The summed E-state index contributed by atoms with van der Waals surface area (Å²) in [4.78, 5) is 15.3. The van der Waals surface area contributed by atoms with Crippen LogP contribution in [0.4, 0.5) is 0 Å². The summed E-state index contributed by atoms with van der Waals surface area (Å²) >= 11 is 7.55. The van der Waals surface area contributed by atoms with Crippen LogP contribution in [0.2, 0.25) is 5.02 Å². The van der Waals surface area contributed by atoms with Crippen molar-refractivity contribution in [2.24, 2.45) is 0 Å². The Hall–Kier alpha value is -0.750. The molecule has 1 aliphatic rings. The van der Waals surface area contributed by atoms with Gasteiger partial charge in [-0.3, -0.25) is 9.69 Å². The number of amides is 1. The van der Waals surface area contributed by atoms with Crippen LogP contribution in [0.1, 0.15) is 13.8 Å².